The van der Waals surface area contributed by atoms with Crippen LogP contribution >= 0.6 is 0 Å². The highest BCUT2D eigenvalue weighted by molar-refractivity contribution is 6.57. The van der Waals surface area contributed by atoms with E-state index in [2.05, 4.69) is 37.7 Å². The van der Waals surface area contributed by atoms with Crippen LogP contribution in [0.5, 0.6) is 0 Å². The van der Waals surface area contributed by atoms with Crippen molar-refractivity contribution in [2.24, 2.45) is 11.5 Å². The number of allylic oxidation sites excluding steroid dienone is 3. The van der Waals surface area contributed by atoms with Crippen molar-refractivity contribution < 1.29 is 23.7 Å². The maximum atomic E-state index is 11.1. The number of nitrogens with two attached hydrogens (primary N) is 2. The standard InChI is InChI=1S/C16H26BNO4.C6H13N.C2H6O/c1-11(2)6-5-7-12(3)14-16(10-21-16)9-8-13(17(14)20-4)22-15(18)19;7-6-4-2-1-3-5-6;1-3-2/h6-7,13-14H,5,8-10H2,1-4H3,(H2,18,19);6H,1-5,7H2;1-2H3/b12-7+;;/t13?,14?,16-;;/m0../s1. The van der Waals surface area contributed by atoms with Gasteiger partial charge in [0.15, 0.2) is 0 Å². The van der Waals surface area contributed by atoms with Crippen molar-refractivity contribution in [2.75, 3.05) is 27.9 Å². The van der Waals surface area contributed by atoms with Crippen LogP contribution in [0.4, 0.5) is 4.79 Å². The Hall–Kier alpha value is -1.35. The van der Waals surface area contributed by atoms with Gasteiger partial charge in [-0.1, -0.05) is 42.6 Å². The predicted molar refractivity (Wildman–Crippen MR) is 131 cm³/mol. The van der Waals surface area contributed by atoms with Crippen molar-refractivity contribution in [1.29, 1.82) is 0 Å². The molecule has 3 atom stereocenters. The van der Waals surface area contributed by atoms with Crippen LogP contribution in [0.2, 0.25) is 5.82 Å². The number of carbonyl (C=O) groups excluding carboxylic acids is 1. The van der Waals surface area contributed by atoms with E-state index in [0.717, 1.165) is 25.9 Å². The number of hydrogen-bond donors (Lipinski definition) is 2. The normalized spacial score (nSPS) is 27.5. The van der Waals surface area contributed by atoms with Gasteiger partial charge >= 0.3 is 13.0 Å². The van der Waals surface area contributed by atoms with E-state index in [4.69, 9.17) is 25.6 Å². The van der Waals surface area contributed by atoms with Gasteiger partial charge in [0, 0.05) is 33.2 Å². The van der Waals surface area contributed by atoms with Gasteiger partial charge in [0.1, 0.15) is 6.00 Å². The molecule has 2 aliphatic heterocycles. The lowest BCUT2D eigenvalue weighted by Gasteiger charge is -2.38. The lowest BCUT2D eigenvalue weighted by molar-refractivity contribution is 0.106. The highest BCUT2D eigenvalue weighted by atomic mass is 16.6. The van der Waals surface area contributed by atoms with Gasteiger partial charge in [-0.05, 0) is 52.9 Å². The number of epoxide rings is 1. The average molecular weight is 452 g/mol. The second-order valence-electron chi connectivity index (χ2n) is 9.32. The summed E-state index contributed by atoms with van der Waals surface area (Å²) in [6.45, 7) is 6.81. The molecule has 0 aromatic heterocycles. The molecule has 1 amide bonds. The third-order valence-corrected chi connectivity index (χ3v) is 6.27. The molecule has 0 bridgehead atoms. The third-order valence-electron chi connectivity index (χ3n) is 6.27. The molecule has 1 aliphatic carbocycles. The topological polar surface area (TPSA) is 109 Å². The van der Waals surface area contributed by atoms with Crippen molar-refractivity contribution in [3.05, 3.63) is 23.3 Å². The number of rotatable bonds is 5. The Kier molecular flexibility index (Phi) is 13.2. The van der Waals surface area contributed by atoms with Gasteiger partial charge in [-0.3, -0.25) is 0 Å². The van der Waals surface area contributed by atoms with Crippen molar-refractivity contribution in [1.82, 2.24) is 0 Å². The van der Waals surface area contributed by atoms with Crippen LogP contribution in [-0.4, -0.2) is 58.6 Å². The Labute approximate surface area is 195 Å². The fraction of sp³-hybridized carbons (Fsp3) is 0.792. The number of carbonyl (C=O) groups is 1. The van der Waals surface area contributed by atoms with E-state index in [1.165, 1.54) is 43.3 Å². The molecule has 3 aliphatic rings. The van der Waals surface area contributed by atoms with E-state index in [0.29, 0.717) is 6.04 Å². The monoisotopic (exact) mass is 452 g/mol. The molecule has 0 aromatic carbocycles. The first-order valence-corrected chi connectivity index (χ1v) is 11.8. The van der Waals surface area contributed by atoms with E-state index >= 15 is 0 Å². The van der Waals surface area contributed by atoms with Crippen molar-refractivity contribution in [3.63, 3.8) is 0 Å². The van der Waals surface area contributed by atoms with Crippen LogP contribution in [0.3, 0.4) is 0 Å². The molecule has 4 N–H and O–H groups in total. The second kappa shape index (κ2) is 14.7. The number of hydrogen-bond acceptors (Lipinski definition) is 6. The molecule has 2 heterocycles. The predicted octanol–water partition coefficient (Wildman–Crippen LogP) is 4.40. The van der Waals surface area contributed by atoms with Gasteiger partial charge in [-0.25, -0.2) is 4.79 Å². The fourth-order valence-corrected chi connectivity index (χ4v) is 4.62. The molecular formula is C24H45BN2O5. The molecule has 3 fully saturated rings. The first-order valence-electron chi connectivity index (χ1n) is 11.8. The van der Waals surface area contributed by atoms with E-state index in [9.17, 15) is 4.79 Å². The van der Waals surface area contributed by atoms with Crippen LogP contribution in [-0.2, 0) is 18.9 Å². The molecule has 32 heavy (non-hydrogen) atoms. The van der Waals surface area contributed by atoms with E-state index in [1.807, 2.05) is 0 Å². The van der Waals surface area contributed by atoms with Crippen LogP contribution in [0.25, 0.3) is 0 Å². The maximum Gasteiger partial charge on any atom is 0.404 e. The quantitative estimate of drug-likeness (QED) is 0.363. The molecule has 0 aromatic rings. The molecule has 3 rings (SSSR count). The Morgan fingerprint density at radius 2 is 1.69 bits per heavy atom. The highest BCUT2D eigenvalue weighted by Crippen LogP contribution is 2.53. The summed E-state index contributed by atoms with van der Waals surface area (Å²) in [5.74, 6) is 0.0983. The zero-order valence-corrected chi connectivity index (χ0v) is 21.0. The minimum absolute atomic E-state index is 0.0983. The van der Waals surface area contributed by atoms with E-state index in [1.54, 1.807) is 21.3 Å². The minimum Gasteiger partial charge on any atom is -0.452 e. The van der Waals surface area contributed by atoms with E-state index < -0.39 is 6.09 Å². The summed E-state index contributed by atoms with van der Waals surface area (Å²) in [4.78, 5) is 11.1. The molecule has 0 radical (unpaired) electrons. The summed E-state index contributed by atoms with van der Waals surface area (Å²) in [5, 5.41) is 0. The molecule has 1 saturated carbocycles. The summed E-state index contributed by atoms with van der Waals surface area (Å²) >= 11 is 0. The summed E-state index contributed by atoms with van der Waals surface area (Å²) in [5.41, 5.74) is 13.2. The molecule has 2 unspecified atom stereocenters. The van der Waals surface area contributed by atoms with Gasteiger partial charge in [-0.15, -0.1) is 0 Å². The van der Waals surface area contributed by atoms with Crippen LogP contribution in [0.15, 0.2) is 23.3 Å². The number of primary amides is 1. The molecule has 184 valence electrons. The van der Waals surface area contributed by atoms with Gasteiger partial charge in [0.25, 0.3) is 0 Å². The lowest BCUT2D eigenvalue weighted by Crippen LogP contribution is -2.51. The fourth-order valence-electron chi connectivity index (χ4n) is 4.62. The zero-order chi connectivity index (χ0) is 24.1. The number of ether oxygens (including phenoxy) is 3. The first kappa shape index (κ1) is 28.7. The van der Waals surface area contributed by atoms with Gasteiger partial charge < -0.3 is 30.3 Å². The summed E-state index contributed by atoms with van der Waals surface area (Å²) in [7, 11) is 4.90. The molecule has 7 nitrogen and oxygen atoms in total. The van der Waals surface area contributed by atoms with Crippen LogP contribution in [0, 0.1) is 0 Å². The molecule has 1 spiro atoms. The molecule has 2 saturated heterocycles. The van der Waals surface area contributed by atoms with Crippen molar-refractivity contribution >= 4 is 13.0 Å². The van der Waals surface area contributed by atoms with E-state index in [-0.39, 0.29) is 24.3 Å². The summed E-state index contributed by atoms with van der Waals surface area (Å²) in [6, 6.07) is 0.225. The third kappa shape index (κ3) is 9.65. The smallest absolute Gasteiger partial charge is 0.404 e. The Morgan fingerprint density at radius 3 is 2.09 bits per heavy atom. The summed E-state index contributed by atoms with van der Waals surface area (Å²) < 4.78 is 21.0. The van der Waals surface area contributed by atoms with Gasteiger partial charge in [0.05, 0.1) is 12.2 Å². The number of methoxy groups -OCH3 is 1. The highest BCUT2D eigenvalue weighted by Gasteiger charge is 2.61. The number of amides is 1. The second-order valence-corrected chi connectivity index (χ2v) is 9.32. The lowest BCUT2D eigenvalue weighted by atomic mass is 9.41. The zero-order valence-electron chi connectivity index (χ0n) is 21.0. The van der Waals surface area contributed by atoms with Crippen LogP contribution in [0.1, 0.15) is 72.1 Å². The van der Waals surface area contributed by atoms with Crippen molar-refractivity contribution in [3.8, 4) is 0 Å². The van der Waals surface area contributed by atoms with Gasteiger partial charge in [0.2, 0.25) is 0 Å². The van der Waals surface area contributed by atoms with Crippen molar-refractivity contribution in [2.45, 2.75) is 95.6 Å². The Morgan fingerprint density at radius 1 is 1.09 bits per heavy atom. The maximum absolute atomic E-state index is 11.1. The Balaban J connectivity index is 0.000000424. The molecule has 8 heteroatoms. The van der Waals surface area contributed by atoms with Crippen LogP contribution < -0.4 is 11.5 Å². The minimum atomic E-state index is -0.746. The first-order chi connectivity index (χ1) is 15.2. The summed E-state index contributed by atoms with van der Waals surface area (Å²) in [6.07, 6.45) is 12.8. The average Bonchev–Trinajstić information content (AvgIpc) is 3.50. The SMILES string of the molecule is COB1C(OC(N)=O)CC[C@]2(CO2)C1/C(C)=C/CC=C(C)C.COC.NC1CCCCC1. The largest absolute Gasteiger partial charge is 0.452 e. The van der Waals surface area contributed by atoms with Gasteiger partial charge in [-0.2, -0.15) is 0 Å². The Bertz CT molecular complexity index is 612. The molecular weight excluding hydrogens is 407 g/mol.